The van der Waals surface area contributed by atoms with Gasteiger partial charge >= 0.3 is 0 Å². The minimum atomic E-state index is -1.77. The highest BCUT2D eigenvalue weighted by Gasteiger charge is 2.37. The molecule has 4 nitrogen and oxygen atoms in total. The molecule has 0 unspecified atom stereocenters. The molecule has 5 heteroatoms. The summed E-state index contributed by atoms with van der Waals surface area (Å²) in [5.74, 6) is 0. The molecule has 0 spiro atoms. The minimum absolute atomic E-state index is 0.198. The average Bonchev–Trinajstić information content (AvgIpc) is 2.84. The summed E-state index contributed by atoms with van der Waals surface area (Å²) in [6.07, 6.45) is 1.79. The Bertz CT molecular complexity index is 614. The van der Waals surface area contributed by atoms with Crippen LogP contribution < -0.4 is 5.73 Å². The van der Waals surface area contributed by atoms with Crippen LogP contribution in [0.3, 0.4) is 0 Å². The maximum atomic E-state index is 6.28. The predicted molar refractivity (Wildman–Crippen MR) is 90.0 cm³/mol. The summed E-state index contributed by atoms with van der Waals surface area (Å²) in [5, 5.41) is 4.58. The maximum absolute atomic E-state index is 6.28. The third-order valence-electron chi connectivity index (χ3n) is 4.27. The normalized spacial score (nSPS) is 12.6. The van der Waals surface area contributed by atoms with Gasteiger partial charge in [-0.05, 0) is 36.3 Å². The van der Waals surface area contributed by atoms with Crippen LogP contribution in [0.5, 0.6) is 0 Å². The Balaban J connectivity index is 2.21. The van der Waals surface area contributed by atoms with E-state index in [4.69, 9.17) is 10.2 Å². The van der Waals surface area contributed by atoms with Gasteiger partial charge in [-0.2, -0.15) is 5.10 Å². The summed E-state index contributed by atoms with van der Waals surface area (Å²) in [6.45, 7) is 11.8. The highest BCUT2D eigenvalue weighted by Crippen LogP contribution is 2.37. The fraction of sp³-hybridized carbons (Fsp3) is 0.438. The van der Waals surface area contributed by atoms with Crippen molar-refractivity contribution in [3.05, 3.63) is 42.2 Å². The molecule has 0 fully saturated rings. The number of benzene rings is 1. The van der Waals surface area contributed by atoms with E-state index in [2.05, 4.69) is 39.0 Å². The highest BCUT2D eigenvalue weighted by atomic mass is 28.4. The quantitative estimate of drug-likeness (QED) is 0.686. The summed E-state index contributed by atoms with van der Waals surface area (Å²) in [5.41, 5.74) is 8.68. The molecule has 0 saturated carbocycles. The third-order valence-corrected chi connectivity index (χ3v) is 8.75. The Kier molecular flexibility index (Phi) is 4.25. The molecule has 0 aliphatic rings. The average molecular weight is 303 g/mol. The zero-order valence-corrected chi connectivity index (χ0v) is 14.6. The van der Waals surface area contributed by atoms with Crippen LogP contribution in [0, 0.1) is 0 Å². The molecule has 2 rings (SSSR count). The van der Waals surface area contributed by atoms with Gasteiger partial charge in [0.2, 0.25) is 0 Å². The molecular formula is C16H25N3OSi. The van der Waals surface area contributed by atoms with Gasteiger partial charge < -0.3 is 10.2 Å². The number of hydrogen-bond acceptors (Lipinski definition) is 3. The fourth-order valence-corrected chi connectivity index (χ4v) is 2.75. The molecule has 2 N–H and O–H groups in total. The molecule has 0 aliphatic heterocycles. The summed E-state index contributed by atoms with van der Waals surface area (Å²) in [4.78, 5) is 0. The van der Waals surface area contributed by atoms with Crippen molar-refractivity contribution in [3.8, 4) is 5.69 Å². The highest BCUT2D eigenvalue weighted by molar-refractivity contribution is 6.74. The molecule has 1 aromatic heterocycles. The largest absolute Gasteiger partial charge is 0.411 e. The van der Waals surface area contributed by atoms with E-state index >= 15 is 0 Å². The van der Waals surface area contributed by atoms with Gasteiger partial charge in [0.1, 0.15) is 0 Å². The van der Waals surface area contributed by atoms with Gasteiger partial charge in [0.25, 0.3) is 0 Å². The Labute approximate surface area is 128 Å². The van der Waals surface area contributed by atoms with E-state index < -0.39 is 8.32 Å². The maximum Gasteiger partial charge on any atom is 0.192 e. The lowest BCUT2D eigenvalue weighted by Gasteiger charge is -2.36. The van der Waals surface area contributed by atoms with Gasteiger partial charge in [0.05, 0.1) is 23.7 Å². The molecule has 2 aromatic rings. The van der Waals surface area contributed by atoms with Crippen molar-refractivity contribution in [1.82, 2.24) is 9.78 Å². The van der Waals surface area contributed by atoms with E-state index in [0.29, 0.717) is 6.61 Å². The SMILES string of the molecule is CC(C)(C)[Si](C)(C)OCc1ccnn1-c1ccccc1N. The van der Waals surface area contributed by atoms with Gasteiger partial charge in [-0.15, -0.1) is 0 Å². The van der Waals surface area contributed by atoms with Crippen LogP contribution >= 0.6 is 0 Å². The van der Waals surface area contributed by atoms with Crippen LogP contribution in [-0.4, -0.2) is 18.1 Å². The molecular weight excluding hydrogens is 278 g/mol. The monoisotopic (exact) mass is 303 g/mol. The Morgan fingerprint density at radius 3 is 2.48 bits per heavy atom. The molecule has 0 radical (unpaired) electrons. The van der Waals surface area contributed by atoms with E-state index in [1.54, 1.807) is 6.20 Å². The van der Waals surface area contributed by atoms with Crippen LogP contribution in [0.4, 0.5) is 5.69 Å². The summed E-state index contributed by atoms with van der Waals surface area (Å²) in [7, 11) is -1.77. The lowest BCUT2D eigenvalue weighted by molar-refractivity contribution is 0.269. The summed E-state index contributed by atoms with van der Waals surface area (Å²) in [6, 6.07) is 9.73. The van der Waals surface area contributed by atoms with Crippen molar-refractivity contribution >= 4 is 14.0 Å². The van der Waals surface area contributed by atoms with Crippen LogP contribution in [0.25, 0.3) is 5.69 Å². The zero-order valence-electron chi connectivity index (χ0n) is 13.6. The number of anilines is 1. The number of rotatable bonds is 4. The van der Waals surface area contributed by atoms with E-state index in [-0.39, 0.29) is 5.04 Å². The van der Waals surface area contributed by atoms with Crippen molar-refractivity contribution in [2.75, 3.05) is 5.73 Å². The summed E-state index contributed by atoms with van der Waals surface area (Å²) >= 11 is 0. The van der Waals surface area contributed by atoms with Crippen LogP contribution in [-0.2, 0) is 11.0 Å². The van der Waals surface area contributed by atoms with Gasteiger partial charge in [0.15, 0.2) is 8.32 Å². The second-order valence-electron chi connectivity index (χ2n) is 6.84. The van der Waals surface area contributed by atoms with E-state index in [1.807, 2.05) is 35.0 Å². The van der Waals surface area contributed by atoms with E-state index in [1.165, 1.54) is 0 Å². The first-order chi connectivity index (χ1) is 9.72. The van der Waals surface area contributed by atoms with E-state index in [9.17, 15) is 0 Å². The Morgan fingerprint density at radius 1 is 1.19 bits per heavy atom. The first-order valence-electron chi connectivity index (χ1n) is 7.24. The van der Waals surface area contributed by atoms with Crippen molar-refractivity contribution in [2.45, 2.75) is 45.5 Å². The van der Waals surface area contributed by atoms with Gasteiger partial charge in [-0.1, -0.05) is 32.9 Å². The zero-order chi connectivity index (χ0) is 15.7. The predicted octanol–water partition coefficient (Wildman–Crippen LogP) is 3.98. The van der Waals surface area contributed by atoms with Crippen LogP contribution in [0.2, 0.25) is 18.1 Å². The molecule has 0 aliphatic carbocycles. The Morgan fingerprint density at radius 2 is 1.86 bits per heavy atom. The molecule has 21 heavy (non-hydrogen) atoms. The van der Waals surface area contributed by atoms with Crippen molar-refractivity contribution in [3.63, 3.8) is 0 Å². The van der Waals surface area contributed by atoms with Crippen LogP contribution in [0.15, 0.2) is 36.5 Å². The molecule has 1 aromatic carbocycles. The molecule has 0 amide bonds. The molecule has 0 atom stereocenters. The number of nitrogens with zero attached hydrogens (tertiary/aromatic N) is 2. The fourth-order valence-electron chi connectivity index (χ4n) is 1.81. The van der Waals surface area contributed by atoms with Gasteiger partial charge in [-0.25, -0.2) is 4.68 Å². The number of para-hydroxylation sites is 2. The number of hydrogen-bond donors (Lipinski definition) is 1. The van der Waals surface area contributed by atoms with Crippen molar-refractivity contribution in [1.29, 1.82) is 0 Å². The van der Waals surface area contributed by atoms with Gasteiger partial charge in [0, 0.05) is 6.20 Å². The van der Waals surface area contributed by atoms with Gasteiger partial charge in [-0.3, -0.25) is 0 Å². The smallest absolute Gasteiger partial charge is 0.192 e. The van der Waals surface area contributed by atoms with Crippen molar-refractivity contribution in [2.24, 2.45) is 0 Å². The summed E-state index contributed by atoms with van der Waals surface area (Å²) < 4.78 is 8.14. The number of nitrogen functional groups attached to an aromatic ring is 1. The van der Waals surface area contributed by atoms with E-state index in [0.717, 1.165) is 17.1 Å². The second-order valence-corrected chi connectivity index (χ2v) is 11.7. The second kappa shape index (κ2) is 5.65. The van der Waals surface area contributed by atoms with Crippen LogP contribution in [0.1, 0.15) is 26.5 Å². The standard InChI is InChI=1S/C16H25N3OSi/c1-16(2,3)21(4,5)20-12-13-10-11-18-19(13)15-9-7-6-8-14(15)17/h6-11H,12,17H2,1-5H3. The van der Waals surface area contributed by atoms with Crippen molar-refractivity contribution < 1.29 is 4.43 Å². The molecule has 0 bridgehead atoms. The molecule has 1 heterocycles. The number of nitrogens with two attached hydrogens (primary N) is 1. The first-order valence-corrected chi connectivity index (χ1v) is 10.1. The lowest BCUT2D eigenvalue weighted by atomic mass is 10.2. The Hall–Kier alpha value is -1.59. The topological polar surface area (TPSA) is 53.1 Å². The first kappa shape index (κ1) is 15.8. The lowest BCUT2D eigenvalue weighted by Crippen LogP contribution is -2.40. The molecule has 114 valence electrons. The third kappa shape index (κ3) is 3.36. The number of aromatic nitrogens is 2. The molecule has 0 saturated heterocycles. The minimum Gasteiger partial charge on any atom is -0.411 e.